The van der Waals surface area contributed by atoms with Crippen LogP contribution in [0.4, 0.5) is 0 Å². The van der Waals surface area contributed by atoms with Crippen molar-refractivity contribution >= 4 is 21.9 Å². The Morgan fingerprint density at radius 3 is 2.82 bits per heavy atom. The average molecular weight is 364 g/mol. The molecule has 2 aromatic rings. The van der Waals surface area contributed by atoms with E-state index in [1.807, 2.05) is 19.9 Å². The molecule has 0 amide bonds. The predicted molar refractivity (Wildman–Crippen MR) is 86.5 cm³/mol. The number of halogens is 1. The fourth-order valence-electron chi connectivity index (χ4n) is 3.01. The smallest absolute Gasteiger partial charge is 0.331 e. The van der Waals surface area contributed by atoms with Crippen LogP contribution in [-0.4, -0.2) is 28.1 Å². The zero-order chi connectivity index (χ0) is 15.9. The molecule has 0 spiro atoms. The van der Waals surface area contributed by atoms with E-state index in [-0.39, 0.29) is 11.9 Å². The molecule has 0 fully saturated rings. The van der Waals surface area contributed by atoms with Gasteiger partial charge in [-0.15, -0.1) is 5.10 Å². The van der Waals surface area contributed by atoms with E-state index >= 15 is 0 Å². The molecule has 116 valence electrons. The summed E-state index contributed by atoms with van der Waals surface area (Å²) in [4.78, 5) is 12.1. The van der Waals surface area contributed by atoms with Crippen LogP contribution in [-0.2, 0) is 22.4 Å². The van der Waals surface area contributed by atoms with Gasteiger partial charge >= 0.3 is 5.97 Å². The van der Waals surface area contributed by atoms with Crippen molar-refractivity contribution in [3.8, 4) is 11.3 Å². The number of rotatable bonds is 3. The predicted octanol–water partition coefficient (Wildman–Crippen LogP) is 3.18. The van der Waals surface area contributed by atoms with Crippen LogP contribution in [0.1, 0.15) is 31.1 Å². The first-order valence-corrected chi connectivity index (χ1v) is 8.13. The summed E-state index contributed by atoms with van der Waals surface area (Å²) in [6.45, 7) is 3.98. The van der Waals surface area contributed by atoms with Crippen molar-refractivity contribution in [2.45, 2.75) is 32.7 Å². The highest BCUT2D eigenvalue weighted by Crippen LogP contribution is 2.35. The number of hydrogen-bond donors (Lipinski definition) is 0. The maximum Gasteiger partial charge on any atom is 0.331 e. The van der Waals surface area contributed by atoms with Crippen LogP contribution < -0.4 is 0 Å². The highest BCUT2D eigenvalue weighted by atomic mass is 79.9. The van der Waals surface area contributed by atoms with Crippen LogP contribution in [0, 0.1) is 5.92 Å². The summed E-state index contributed by atoms with van der Waals surface area (Å²) in [5.74, 6) is -0.186. The lowest BCUT2D eigenvalue weighted by Gasteiger charge is -2.22. The van der Waals surface area contributed by atoms with Gasteiger partial charge in [-0.2, -0.15) is 0 Å². The monoisotopic (exact) mass is 363 g/mol. The second kappa shape index (κ2) is 5.83. The quantitative estimate of drug-likeness (QED) is 0.785. The largest absolute Gasteiger partial charge is 0.467 e. The van der Waals surface area contributed by atoms with Gasteiger partial charge in [-0.25, -0.2) is 9.48 Å². The Morgan fingerprint density at radius 1 is 1.36 bits per heavy atom. The van der Waals surface area contributed by atoms with E-state index in [0.717, 1.165) is 34.3 Å². The topological polar surface area (TPSA) is 57.0 Å². The number of methoxy groups -OCH3 is 1. The maximum absolute atomic E-state index is 12.1. The van der Waals surface area contributed by atoms with Crippen LogP contribution in [0.15, 0.2) is 22.7 Å². The van der Waals surface area contributed by atoms with E-state index in [0.29, 0.717) is 0 Å². The number of carbonyl (C=O) groups excluding carboxylic acids is 1. The lowest BCUT2D eigenvalue weighted by Crippen LogP contribution is -2.28. The summed E-state index contributed by atoms with van der Waals surface area (Å²) in [5.41, 5.74) is 4.25. The van der Waals surface area contributed by atoms with Crippen molar-refractivity contribution in [2.75, 3.05) is 7.11 Å². The molecule has 0 aliphatic heterocycles. The summed E-state index contributed by atoms with van der Waals surface area (Å²) in [5, 5.41) is 8.60. The molecule has 0 unspecified atom stereocenters. The second-order valence-corrected chi connectivity index (χ2v) is 6.76. The van der Waals surface area contributed by atoms with Crippen molar-refractivity contribution in [1.29, 1.82) is 0 Å². The number of hydrogen-bond acceptors (Lipinski definition) is 4. The standard InChI is InChI=1S/C16H18BrN3O2/c1-9(2)15(16(21)22-3)20-13-7-4-10-8-11(17)5-6-12(10)14(13)18-19-20/h5-6,8-9,15H,4,7H2,1-3H3/t15-/m0/s1. The summed E-state index contributed by atoms with van der Waals surface area (Å²) in [7, 11) is 1.41. The molecule has 1 aromatic carbocycles. The number of aryl methyl sites for hydroxylation is 1. The summed E-state index contributed by atoms with van der Waals surface area (Å²) in [6, 6.07) is 5.75. The van der Waals surface area contributed by atoms with E-state index in [2.05, 4.69) is 38.4 Å². The van der Waals surface area contributed by atoms with Crippen molar-refractivity contribution in [2.24, 2.45) is 5.92 Å². The van der Waals surface area contributed by atoms with E-state index in [1.54, 1.807) is 4.68 Å². The van der Waals surface area contributed by atoms with Crippen LogP contribution in [0.3, 0.4) is 0 Å². The van der Waals surface area contributed by atoms with Gasteiger partial charge in [-0.1, -0.05) is 41.1 Å². The minimum Gasteiger partial charge on any atom is -0.467 e. The van der Waals surface area contributed by atoms with Gasteiger partial charge in [0, 0.05) is 10.0 Å². The Kier molecular flexibility index (Phi) is 4.04. The number of carbonyl (C=O) groups is 1. The highest BCUT2D eigenvalue weighted by molar-refractivity contribution is 9.10. The third-order valence-electron chi connectivity index (χ3n) is 4.08. The normalized spacial score (nSPS) is 14.4. The molecular weight excluding hydrogens is 346 g/mol. The number of nitrogens with zero attached hydrogens (tertiary/aromatic N) is 3. The summed E-state index contributed by atoms with van der Waals surface area (Å²) in [6.07, 6.45) is 1.74. The Hall–Kier alpha value is -1.69. The third kappa shape index (κ3) is 2.45. The molecular formula is C16H18BrN3O2. The zero-order valence-corrected chi connectivity index (χ0v) is 14.4. The van der Waals surface area contributed by atoms with Gasteiger partial charge < -0.3 is 4.74 Å². The molecule has 6 heteroatoms. The van der Waals surface area contributed by atoms with E-state index < -0.39 is 6.04 Å². The molecule has 0 saturated carbocycles. The lowest BCUT2D eigenvalue weighted by molar-refractivity contribution is -0.146. The first-order valence-electron chi connectivity index (χ1n) is 7.33. The molecule has 1 aromatic heterocycles. The summed E-state index contributed by atoms with van der Waals surface area (Å²) >= 11 is 3.50. The van der Waals surface area contributed by atoms with E-state index in [9.17, 15) is 4.79 Å². The van der Waals surface area contributed by atoms with Gasteiger partial charge in [0.15, 0.2) is 6.04 Å². The molecule has 0 bridgehead atoms. The van der Waals surface area contributed by atoms with Gasteiger partial charge in [-0.05, 0) is 36.5 Å². The first kappa shape index (κ1) is 15.2. The molecule has 1 aliphatic rings. The molecule has 1 aliphatic carbocycles. The van der Waals surface area contributed by atoms with E-state index in [1.165, 1.54) is 12.7 Å². The Morgan fingerprint density at radius 2 is 2.14 bits per heavy atom. The van der Waals surface area contributed by atoms with Crippen molar-refractivity contribution in [3.05, 3.63) is 33.9 Å². The second-order valence-electron chi connectivity index (χ2n) is 5.84. The SMILES string of the molecule is COC(=O)[C@H](C(C)C)n1nnc2c1CCc1cc(Br)ccc1-2. The first-order chi connectivity index (χ1) is 10.5. The minimum atomic E-state index is -0.432. The number of benzene rings is 1. The summed E-state index contributed by atoms with van der Waals surface area (Å²) < 4.78 is 7.75. The molecule has 0 saturated heterocycles. The van der Waals surface area contributed by atoms with Gasteiger partial charge in [0.05, 0.1) is 12.8 Å². The molecule has 3 rings (SSSR count). The fourth-order valence-corrected chi connectivity index (χ4v) is 3.42. The zero-order valence-electron chi connectivity index (χ0n) is 12.8. The van der Waals surface area contributed by atoms with Gasteiger partial charge in [0.2, 0.25) is 0 Å². The Balaban J connectivity index is 2.09. The number of esters is 1. The van der Waals surface area contributed by atoms with Crippen LogP contribution >= 0.6 is 15.9 Å². The third-order valence-corrected chi connectivity index (χ3v) is 4.58. The maximum atomic E-state index is 12.1. The Labute approximate surface area is 137 Å². The number of aromatic nitrogens is 3. The van der Waals surface area contributed by atoms with E-state index in [4.69, 9.17) is 4.74 Å². The van der Waals surface area contributed by atoms with Gasteiger partial charge in [0.1, 0.15) is 5.69 Å². The number of fused-ring (bicyclic) bond motifs is 3. The molecule has 1 heterocycles. The fraction of sp³-hybridized carbons (Fsp3) is 0.438. The molecule has 5 nitrogen and oxygen atoms in total. The number of ether oxygens (including phenoxy) is 1. The molecule has 1 atom stereocenters. The highest BCUT2D eigenvalue weighted by Gasteiger charge is 2.32. The molecule has 0 N–H and O–H groups in total. The van der Waals surface area contributed by atoms with Gasteiger partial charge in [-0.3, -0.25) is 0 Å². The minimum absolute atomic E-state index is 0.0876. The van der Waals surface area contributed by atoms with Gasteiger partial charge in [0.25, 0.3) is 0 Å². The average Bonchev–Trinajstić information content (AvgIpc) is 2.90. The Bertz CT molecular complexity index is 724. The van der Waals surface area contributed by atoms with Crippen LogP contribution in [0.25, 0.3) is 11.3 Å². The van der Waals surface area contributed by atoms with Crippen molar-refractivity contribution < 1.29 is 9.53 Å². The van der Waals surface area contributed by atoms with Crippen LogP contribution in [0.5, 0.6) is 0 Å². The molecule has 22 heavy (non-hydrogen) atoms. The lowest BCUT2D eigenvalue weighted by atomic mass is 9.91. The van der Waals surface area contributed by atoms with Crippen LogP contribution in [0.2, 0.25) is 0 Å². The van der Waals surface area contributed by atoms with Crippen molar-refractivity contribution in [3.63, 3.8) is 0 Å². The van der Waals surface area contributed by atoms with Crippen molar-refractivity contribution in [1.82, 2.24) is 15.0 Å². The molecule has 0 radical (unpaired) electrons.